The molecule has 6 heteroatoms. The number of likely N-dealkylation sites (N-methyl/N-ethyl adjacent to an activating group) is 1. The first-order valence-corrected chi connectivity index (χ1v) is 7.30. The predicted octanol–water partition coefficient (Wildman–Crippen LogP) is 0.0703. The van der Waals surface area contributed by atoms with Gasteiger partial charge in [0.2, 0.25) is 5.91 Å². The zero-order chi connectivity index (χ0) is 15.2. The Morgan fingerprint density at radius 1 is 1.33 bits per heavy atom. The van der Waals surface area contributed by atoms with Gasteiger partial charge in [-0.3, -0.25) is 10.1 Å². The van der Waals surface area contributed by atoms with Crippen LogP contribution in [0.5, 0.6) is 0 Å². The van der Waals surface area contributed by atoms with Gasteiger partial charge in [-0.1, -0.05) is 12.1 Å². The summed E-state index contributed by atoms with van der Waals surface area (Å²) < 4.78 is 12.8. The van der Waals surface area contributed by atoms with E-state index in [1.54, 1.807) is 18.2 Å². The Bertz CT molecular complexity index is 536. The highest BCUT2D eigenvalue weighted by Crippen LogP contribution is 2.04. The van der Waals surface area contributed by atoms with E-state index in [9.17, 15) is 9.18 Å². The number of nitrogens with one attached hydrogen (secondary N) is 2. The molecule has 0 spiro atoms. The Labute approximate surface area is 129 Å². The number of benzene rings is 1. The van der Waals surface area contributed by atoms with E-state index in [1.165, 1.54) is 23.1 Å². The molecule has 0 radical (unpaired) electrons. The van der Waals surface area contributed by atoms with Crippen LogP contribution < -0.4 is 10.2 Å². The van der Waals surface area contributed by atoms with Crippen LogP contribution in [0.15, 0.2) is 30.3 Å². The number of rotatable bonds is 2. The number of thiocarbonyl (C=S) groups is 1. The molecule has 0 unspecified atom stereocenters. The zero-order valence-electron chi connectivity index (χ0n) is 11.9. The molecule has 2 rings (SSSR count). The van der Waals surface area contributed by atoms with E-state index in [0.29, 0.717) is 5.11 Å². The summed E-state index contributed by atoms with van der Waals surface area (Å²) in [6.07, 6.45) is 3.03. The van der Waals surface area contributed by atoms with E-state index in [-0.39, 0.29) is 11.7 Å². The summed E-state index contributed by atoms with van der Waals surface area (Å²) in [5.41, 5.74) is 0.765. The average molecular weight is 308 g/mol. The number of amides is 1. The van der Waals surface area contributed by atoms with Gasteiger partial charge in [0.05, 0.1) is 33.2 Å². The Kier molecular flexibility index (Phi) is 5.41. The van der Waals surface area contributed by atoms with Gasteiger partial charge in [0, 0.05) is 6.08 Å². The van der Waals surface area contributed by atoms with E-state index in [0.717, 1.165) is 31.7 Å². The fourth-order valence-corrected chi connectivity index (χ4v) is 2.35. The van der Waals surface area contributed by atoms with E-state index >= 15 is 0 Å². The third-order valence-corrected chi connectivity index (χ3v) is 3.79. The molecule has 4 nitrogen and oxygen atoms in total. The largest absolute Gasteiger partial charge is 0.338 e. The molecule has 0 aromatic heterocycles. The molecule has 1 amide bonds. The van der Waals surface area contributed by atoms with Gasteiger partial charge in [0.1, 0.15) is 5.82 Å². The number of piperazine rings is 1. The molecule has 112 valence electrons. The first kappa shape index (κ1) is 15.6. The van der Waals surface area contributed by atoms with E-state index in [1.807, 2.05) is 4.90 Å². The van der Waals surface area contributed by atoms with Crippen molar-refractivity contribution in [3.05, 3.63) is 41.7 Å². The van der Waals surface area contributed by atoms with Crippen LogP contribution in [0, 0.1) is 5.82 Å². The fraction of sp³-hybridized carbons (Fsp3) is 0.333. The van der Waals surface area contributed by atoms with Gasteiger partial charge in [-0.15, -0.1) is 0 Å². The summed E-state index contributed by atoms with van der Waals surface area (Å²) in [6.45, 7) is 3.74. The molecule has 0 saturated carbocycles. The first-order chi connectivity index (χ1) is 10.0. The second kappa shape index (κ2) is 7.28. The van der Waals surface area contributed by atoms with Gasteiger partial charge < -0.3 is 9.80 Å². The second-order valence-electron chi connectivity index (χ2n) is 5.12. The Balaban J connectivity index is 1.83. The summed E-state index contributed by atoms with van der Waals surface area (Å²) in [7, 11) is 2.14. The predicted molar refractivity (Wildman–Crippen MR) is 84.4 cm³/mol. The van der Waals surface area contributed by atoms with Crippen LogP contribution in [0.2, 0.25) is 0 Å². The second-order valence-corrected chi connectivity index (χ2v) is 5.51. The standard InChI is InChI=1S/C15H18FN3OS/c1-18-8-10-19(11-9-18)15(21)17-14(20)7-4-12-2-5-13(16)6-3-12/h2-7H,8-11H2,1H3,(H,17,20,21)/p+1/b7-4+. The van der Waals surface area contributed by atoms with Crippen LogP contribution in [0.4, 0.5) is 4.39 Å². The number of quaternary nitrogens is 1. The number of nitrogens with zero attached hydrogens (tertiary/aromatic N) is 1. The van der Waals surface area contributed by atoms with Gasteiger partial charge in [0.25, 0.3) is 0 Å². The van der Waals surface area contributed by atoms with Crippen molar-refractivity contribution < 1.29 is 14.1 Å². The minimum absolute atomic E-state index is 0.268. The molecule has 0 bridgehead atoms. The van der Waals surface area contributed by atoms with Crippen molar-refractivity contribution in [1.29, 1.82) is 0 Å². The average Bonchev–Trinajstić information content (AvgIpc) is 2.47. The molecular weight excluding hydrogens is 289 g/mol. The lowest BCUT2D eigenvalue weighted by atomic mass is 10.2. The van der Waals surface area contributed by atoms with Crippen molar-refractivity contribution in [2.24, 2.45) is 0 Å². The minimum Gasteiger partial charge on any atom is -0.338 e. The SMILES string of the molecule is C[NH+]1CCN(C(=S)NC(=O)/C=C/c2ccc(F)cc2)CC1. The van der Waals surface area contributed by atoms with Crippen LogP contribution in [0.3, 0.4) is 0 Å². The Morgan fingerprint density at radius 2 is 1.95 bits per heavy atom. The maximum absolute atomic E-state index is 12.8. The minimum atomic E-state index is -0.296. The van der Waals surface area contributed by atoms with Gasteiger partial charge in [-0.2, -0.15) is 0 Å². The maximum atomic E-state index is 12.8. The highest BCUT2D eigenvalue weighted by atomic mass is 32.1. The van der Waals surface area contributed by atoms with E-state index in [4.69, 9.17) is 12.2 Å². The first-order valence-electron chi connectivity index (χ1n) is 6.89. The molecule has 1 aliphatic heterocycles. The molecule has 1 fully saturated rings. The molecule has 1 aliphatic rings. The monoisotopic (exact) mass is 308 g/mol. The van der Waals surface area contributed by atoms with E-state index in [2.05, 4.69) is 12.4 Å². The van der Waals surface area contributed by atoms with Gasteiger partial charge in [0.15, 0.2) is 5.11 Å². The van der Waals surface area contributed by atoms with Crippen molar-refractivity contribution in [1.82, 2.24) is 10.2 Å². The smallest absolute Gasteiger partial charge is 0.250 e. The maximum Gasteiger partial charge on any atom is 0.250 e. The summed E-state index contributed by atoms with van der Waals surface area (Å²) >= 11 is 5.24. The Hall–Kier alpha value is -1.79. The fourth-order valence-electron chi connectivity index (χ4n) is 2.06. The molecule has 0 aliphatic carbocycles. The van der Waals surface area contributed by atoms with Crippen molar-refractivity contribution in [2.75, 3.05) is 33.2 Å². The molecule has 1 heterocycles. The van der Waals surface area contributed by atoms with Crippen molar-refractivity contribution in [3.8, 4) is 0 Å². The number of hydrogen-bond donors (Lipinski definition) is 2. The molecule has 1 aromatic carbocycles. The van der Waals surface area contributed by atoms with Crippen molar-refractivity contribution in [3.63, 3.8) is 0 Å². The van der Waals surface area contributed by atoms with Crippen molar-refractivity contribution in [2.45, 2.75) is 0 Å². The third kappa shape index (κ3) is 4.91. The van der Waals surface area contributed by atoms with Gasteiger partial charge in [-0.25, -0.2) is 4.39 Å². The highest BCUT2D eigenvalue weighted by Gasteiger charge is 2.19. The lowest BCUT2D eigenvalue weighted by Gasteiger charge is -2.31. The number of hydrogen-bond acceptors (Lipinski definition) is 2. The summed E-state index contributed by atoms with van der Waals surface area (Å²) in [4.78, 5) is 15.3. The van der Waals surface area contributed by atoms with Crippen LogP contribution in [-0.4, -0.2) is 49.1 Å². The van der Waals surface area contributed by atoms with Crippen LogP contribution >= 0.6 is 12.2 Å². The highest BCUT2D eigenvalue weighted by molar-refractivity contribution is 7.80. The Morgan fingerprint density at radius 3 is 2.57 bits per heavy atom. The zero-order valence-corrected chi connectivity index (χ0v) is 12.8. The normalized spacial score (nSPS) is 16.2. The number of carbonyl (C=O) groups is 1. The number of halogens is 1. The lowest BCUT2D eigenvalue weighted by Crippen LogP contribution is -3.12. The van der Waals surface area contributed by atoms with E-state index < -0.39 is 0 Å². The summed E-state index contributed by atoms with van der Waals surface area (Å²) in [5, 5.41) is 3.16. The topological polar surface area (TPSA) is 36.8 Å². The van der Waals surface area contributed by atoms with Crippen molar-refractivity contribution >= 4 is 29.3 Å². The third-order valence-electron chi connectivity index (χ3n) is 3.43. The van der Waals surface area contributed by atoms with Crippen LogP contribution in [0.1, 0.15) is 5.56 Å². The van der Waals surface area contributed by atoms with Crippen LogP contribution in [-0.2, 0) is 4.79 Å². The molecule has 1 saturated heterocycles. The molecule has 1 aromatic rings. The quantitative estimate of drug-likeness (QED) is 0.600. The van der Waals surface area contributed by atoms with Gasteiger partial charge in [-0.05, 0) is 36.0 Å². The molecule has 21 heavy (non-hydrogen) atoms. The number of carbonyl (C=O) groups excluding carboxylic acids is 1. The molecule has 2 N–H and O–H groups in total. The van der Waals surface area contributed by atoms with Gasteiger partial charge >= 0.3 is 0 Å². The molecule has 0 atom stereocenters. The summed E-state index contributed by atoms with van der Waals surface area (Å²) in [6, 6.07) is 5.94. The lowest BCUT2D eigenvalue weighted by molar-refractivity contribution is -0.883. The molecular formula is C15H19FN3OS+. The summed E-state index contributed by atoms with van der Waals surface area (Å²) in [5.74, 6) is -0.564. The van der Waals surface area contributed by atoms with Crippen LogP contribution in [0.25, 0.3) is 6.08 Å².